The van der Waals surface area contributed by atoms with Gasteiger partial charge >= 0.3 is 0 Å². The van der Waals surface area contributed by atoms with Gasteiger partial charge in [0.25, 0.3) is 0 Å². The first kappa shape index (κ1) is 38.5. The Balaban J connectivity index is 0.000000163. The molecule has 0 aromatic heterocycles. The Bertz CT molecular complexity index is 2620. The molecule has 286 valence electrons. The van der Waals surface area contributed by atoms with E-state index in [4.69, 9.17) is 0 Å². The zero-order valence-electron chi connectivity index (χ0n) is 33.6. The van der Waals surface area contributed by atoms with Gasteiger partial charge in [0.1, 0.15) is 34.6 Å². The van der Waals surface area contributed by atoms with Crippen molar-refractivity contribution >= 4 is 67.3 Å². The van der Waals surface area contributed by atoms with E-state index in [1.165, 1.54) is 65.0 Å². The van der Waals surface area contributed by atoms with E-state index in [9.17, 15) is 0 Å². The van der Waals surface area contributed by atoms with Crippen LogP contribution in [0.3, 0.4) is 0 Å². The normalized spacial score (nSPS) is 11.3. The second kappa shape index (κ2) is 17.8. The topological polar surface area (TPSA) is 0 Å². The third-order valence-electron chi connectivity index (χ3n) is 12.0. The molecular formula is C58H46BP. The molecule has 0 nitrogen and oxygen atoms in total. The first-order chi connectivity index (χ1) is 29.8. The largest absolute Gasteiger partial charge is 0.195 e. The molecule has 10 aromatic carbocycles. The van der Waals surface area contributed by atoms with Gasteiger partial charge in [-0.15, -0.1) is 0 Å². The molecule has 0 radical (unpaired) electrons. The molecule has 0 aliphatic rings. The first-order valence-corrected chi connectivity index (χ1v) is 22.6. The highest BCUT2D eigenvalue weighted by Gasteiger charge is 2.49. The Labute approximate surface area is 355 Å². The summed E-state index contributed by atoms with van der Waals surface area (Å²) in [5, 5.41) is 8.04. The Kier molecular flexibility index (Phi) is 11.4. The van der Waals surface area contributed by atoms with E-state index in [0.29, 0.717) is 0 Å². The van der Waals surface area contributed by atoms with Crippen molar-refractivity contribution in [3.8, 4) is 11.1 Å². The van der Waals surface area contributed by atoms with Gasteiger partial charge in [0.15, 0.2) is 0 Å². The van der Waals surface area contributed by atoms with Gasteiger partial charge in [-0.3, -0.25) is 0 Å². The quantitative estimate of drug-likeness (QED) is 0.101. The van der Waals surface area contributed by atoms with Gasteiger partial charge in [-0.2, -0.15) is 21.9 Å². The SMILES string of the molecule is c1ccc([B-](c2ccccc2)(c2ccccc2)c2ccccc2)cc1.c1ccc([P+](c2ccccc2)(c2ccccc2)c2ccccc2-c2cccc3ccccc23)cc1. The maximum Gasteiger partial charge on any atom is 0.144 e. The highest BCUT2D eigenvalue weighted by Crippen LogP contribution is 2.56. The van der Waals surface area contributed by atoms with Crippen LogP contribution in [0, 0.1) is 0 Å². The summed E-state index contributed by atoms with van der Waals surface area (Å²) in [6, 6.07) is 101. The standard InChI is InChI=1S/C34H26P.C24H20B/c1-4-17-28(18-5-1)35(29-19-6-2-7-20-29,30-21-8-3-9-22-30)34-26-13-12-24-33(34)32-25-14-16-27-15-10-11-23-31(27)32;1-5-13-21(14-6-1)25(22-15-7-2-8-16-22,23-17-9-3-10-18-23)24-19-11-4-12-20-24/h1-26H;1-20H/q+1;-1. The second-order valence-corrected chi connectivity index (χ2v) is 18.6. The highest BCUT2D eigenvalue weighted by atomic mass is 31.2. The first-order valence-electron chi connectivity index (χ1n) is 20.8. The fourth-order valence-electron chi connectivity index (χ4n) is 9.39. The van der Waals surface area contributed by atoms with Gasteiger partial charge < -0.3 is 0 Å². The van der Waals surface area contributed by atoms with Gasteiger partial charge in [-0.05, 0) is 58.8 Å². The average molecular weight is 785 g/mol. The summed E-state index contributed by atoms with van der Waals surface area (Å²) in [5.74, 6) is 0. The molecule has 10 rings (SSSR count). The number of hydrogen-bond donors (Lipinski definition) is 0. The molecule has 0 amide bonds. The van der Waals surface area contributed by atoms with E-state index < -0.39 is 13.4 Å². The molecule has 60 heavy (non-hydrogen) atoms. The average Bonchev–Trinajstić information content (AvgIpc) is 3.35. The monoisotopic (exact) mass is 784 g/mol. The van der Waals surface area contributed by atoms with E-state index >= 15 is 0 Å². The summed E-state index contributed by atoms with van der Waals surface area (Å²) in [6.07, 6.45) is -1.22. The van der Waals surface area contributed by atoms with Crippen LogP contribution in [0.2, 0.25) is 0 Å². The van der Waals surface area contributed by atoms with E-state index in [2.05, 4.69) is 279 Å². The summed E-state index contributed by atoms with van der Waals surface area (Å²) < 4.78 is 0. The molecule has 0 spiro atoms. The Morgan fingerprint density at radius 2 is 0.533 bits per heavy atom. The van der Waals surface area contributed by atoms with E-state index in [1.54, 1.807) is 0 Å². The van der Waals surface area contributed by atoms with Gasteiger partial charge in [0.2, 0.25) is 0 Å². The van der Waals surface area contributed by atoms with Crippen LogP contribution in [0.1, 0.15) is 0 Å². The van der Waals surface area contributed by atoms with Crippen LogP contribution in [0.4, 0.5) is 0 Å². The van der Waals surface area contributed by atoms with Crippen molar-refractivity contribution in [2.75, 3.05) is 0 Å². The minimum Gasteiger partial charge on any atom is -0.195 e. The van der Waals surface area contributed by atoms with Crippen molar-refractivity contribution in [1.82, 2.24) is 0 Å². The van der Waals surface area contributed by atoms with Crippen molar-refractivity contribution in [3.05, 3.63) is 279 Å². The van der Waals surface area contributed by atoms with Gasteiger partial charge in [0, 0.05) is 5.56 Å². The molecular weight excluding hydrogens is 738 g/mol. The lowest BCUT2D eigenvalue weighted by Gasteiger charge is -2.44. The van der Waals surface area contributed by atoms with Crippen molar-refractivity contribution in [1.29, 1.82) is 0 Å². The number of fused-ring (bicyclic) bond motifs is 1. The zero-order valence-corrected chi connectivity index (χ0v) is 34.5. The lowest BCUT2D eigenvalue weighted by molar-refractivity contribution is 1.66. The van der Waals surface area contributed by atoms with Crippen LogP contribution in [0.5, 0.6) is 0 Å². The fraction of sp³-hybridized carbons (Fsp3) is 0. The molecule has 2 heteroatoms. The van der Waals surface area contributed by atoms with Gasteiger partial charge in [0.05, 0.1) is 0 Å². The van der Waals surface area contributed by atoms with E-state index in [0.717, 1.165) is 0 Å². The van der Waals surface area contributed by atoms with Crippen LogP contribution >= 0.6 is 7.26 Å². The minimum atomic E-state index is -2.19. The molecule has 0 aliphatic heterocycles. The summed E-state index contributed by atoms with van der Waals surface area (Å²) in [6.45, 7) is 0. The molecule has 0 heterocycles. The molecule has 0 N–H and O–H groups in total. The summed E-state index contributed by atoms with van der Waals surface area (Å²) in [7, 11) is -2.19. The molecule has 0 saturated carbocycles. The molecule has 0 saturated heterocycles. The fourth-order valence-corrected chi connectivity index (χ4v) is 13.8. The Morgan fingerprint density at radius 3 is 0.950 bits per heavy atom. The van der Waals surface area contributed by atoms with Gasteiger partial charge in [-0.1, -0.05) is 237 Å². The third kappa shape index (κ3) is 7.19. The molecule has 0 unspecified atom stereocenters. The summed E-state index contributed by atoms with van der Waals surface area (Å²) in [5.41, 5.74) is 7.94. The van der Waals surface area contributed by atoms with Crippen molar-refractivity contribution in [2.24, 2.45) is 0 Å². The van der Waals surface area contributed by atoms with Crippen LogP contribution in [0.25, 0.3) is 21.9 Å². The van der Waals surface area contributed by atoms with Crippen molar-refractivity contribution < 1.29 is 0 Å². The molecule has 0 bridgehead atoms. The number of benzene rings is 10. The maximum atomic E-state index is 2.36. The Morgan fingerprint density at radius 1 is 0.233 bits per heavy atom. The van der Waals surface area contributed by atoms with Crippen LogP contribution in [-0.2, 0) is 0 Å². The third-order valence-corrected chi connectivity index (χ3v) is 16.3. The van der Waals surface area contributed by atoms with Crippen LogP contribution in [0.15, 0.2) is 279 Å². The molecule has 0 aliphatic carbocycles. The van der Waals surface area contributed by atoms with E-state index in [1.807, 2.05) is 0 Å². The maximum absolute atomic E-state index is 2.36. The summed E-state index contributed by atoms with van der Waals surface area (Å²) >= 11 is 0. The predicted octanol–water partition coefficient (Wildman–Crippen LogP) is 10.2. The summed E-state index contributed by atoms with van der Waals surface area (Å²) in [4.78, 5) is 0. The van der Waals surface area contributed by atoms with Gasteiger partial charge in [-0.25, -0.2) is 0 Å². The molecule has 10 aromatic rings. The minimum absolute atomic E-state index is 1.22. The predicted molar refractivity (Wildman–Crippen MR) is 264 cm³/mol. The van der Waals surface area contributed by atoms with Crippen molar-refractivity contribution in [2.45, 2.75) is 0 Å². The molecule has 0 atom stereocenters. The highest BCUT2D eigenvalue weighted by molar-refractivity contribution is 8.01. The lowest BCUT2D eigenvalue weighted by Crippen LogP contribution is -2.74. The second-order valence-electron chi connectivity index (χ2n) is 15.2. The molecule has 0 fully saturated rings. The van der Waals surface area contributed by atoms with E-state index in [-0.39, 0.29) is 0 Å². The number of hydrogen-bond acceptors (Lipinski definition) is 0. The van der Waals surface area contributed by atoms with Crippen molar-refractivity contribution in [3.63, 3.8) is 0 Å². The Hall–Kier alpha value is -7.05. The zero-order chi connectivity index (χ0) is 40.5. The number of rotatable bonds is 9. The lowest BCUT2D eigenvalue weighted by atomic mass is 9.13. The van der Waals surface area contributed by atoms with Crippen LogP contribution < -0.4 is 43.1 Å². The van der Waals surface area contributed by atoms with Crippen LogP contribution in [-0.4, -0.2) is 6.15 Å². The smallest absolute Gasteiger partial charge is 0.144 e.